The highest BCUT2D eigenvalue weighted by Gasteiger charge is 2.19. The van der Waals surface area contributed by atoms with Crippen LogP contribution in [0.15, 0.2) is 34.8 Å². The number of benzene rings is 1. The zero-order valence-electron chi connectivity index (χ0n) is 13.9. The highest BCUT2D eigenvalue weighted by atomic mass is 79.9. The van der Waals surface area contributed by atoms with Crippen molar-refractivity contribution in [3.05, 3.63) is 46.3 Å². The SMILES string of the molecule is Cc1nc(C(=O)Nc2ccccc2Br)cc(N2CCC(C)CC2)n1. The third-order valence-electron chi connectivity index (χ3n) is 4.29. The van der Waals surface area contributed by atoms with Crippen molar-refractivity contribution < 1.29 is 4.79 Å². The van der Waals surface area contributed by atoms with Gasteiger partial charge in [-0.25, -0.2) is 9.97 Å². The molecule has 1 aliphatic rings. The quantitative estimate of drug-likeness (QED) is 0.861. The fourth-order valence-corrected chi connectivity index (χ4v) is 3.20. The number of halogens is 1. The standard InChI is InChI=1S/C18H21BrN4O/c1-12-7-9-23(10-8-12)17-11-16(20-13(2)21-17)18(24)22-15-6-4-3-5-14(15)19/h3-6,11-12H,7-10H2,1-2H3,(H,22,24). The molecule has 2 heterocycles. The second kappa shape index (κ2) is 7.30. The van der Waals surface area contributed by atoms with E-state index in [2.05, 4.69) is 43.0 Å². The number of carbonyl (C=O) groups is 1. The van der Waals surface area contributed by atoms with Crippen LogP contribution >= 0.6 is 15.9 Å². The smallest absolute Gasteiger partial charge is 0.274 e. The molecule has 1 aromatic heterocycles. The lowest BCUT2D eigenvalue weighted by Gasteiger charge is -2.31. The largest absolute Gasteiger partial charge is 0.356 e. The van der Waals surface area contributed by atoms with E-state index in [0.29, 0.717) is 11.5 Å². The highest BCUT2D eigenvalue weighted by molar-refractivity contribution is 9.10. The average molecular weight is 389 g/mol. The molecule has 1 saturated heterocycles. The molecular weight excluding hydrogens is 368 g/mol. The summed E-state index contributed by atoms with van der Waals surface area (Å²) >= 11 is 3.44. The van der Waals surface area contributed by atoms with Crippen LogP contribution in [0.1, 0.15) is 36.1 Å². The van der Waals surface area contributed by atoms with Crippen molar-refractivity contribution >= 4 is 33.3 Å². The van der Waals surface area contributed by atoms with E-state index < -0.39 is 0 Å². The first-order valence-electron chi connectivity index (χ1n) is 8.19. The Balaban J connectivity index is 1.80. The number of para-hydroxylation sites is 1. The van der Waals surface area contributed by atoms with Gasteiger partial charge in [0.25, 0.3) is 5.91 Å². The summed E-state index contributed by atoms with van der Waals surface area (Å²) < 4.78 is 0.842. The van der Waals surface area contributed by atoms with Crippen molar-refractivity contribution in [2.75, 3.05) is 23.3 Å². The van der Waals surface area contributed by atoms with Gasteiger partial charge in [0, 0.05) is 23.6 Å². The minimum absolute atomic E-state index is 0.223. The number of piperidine rings is 1. The summed E-state index contributed by atoms with van der Waals surface area (Å²) in [4.78, 5) is 23.6. The minimum atomic E-state index is -0.223. The van der Waals surface area contributed by atoms with Crippen LogP contribution < -0.4 is 10.2 Å². The summed E-state index contributed by atoms with van der Waals surface area (Å²) in [5, 5.41) is 2.90. The van der Waals surface area contributed by atoms with Crippen LogP contribution in [-0.2, 0) is 0 Å². The molecule has 0 radical (unpaired) electrons. The van der Waals surface area contributed by atoms with E-state index in [-0.39, 0.29) is 5.91 Å². The van der Waals surface area contributed by atoms with Gasteiger partial charge in [-0.15, -0.1) is 0 Å². The fraction of sp³-hybridized carbons (Fsp3) is 0.389. The summed E-state index contributed by atoms with van der Waals surface area (Å²) in [6.45, 7) is 6.05. The first kappa shape index (κ1) is 16.9. The molecule has 3 rings (SSSR count). The average Bonchev–Trinajstić information content (AvgIpc) is 2.57. The molecule has 1 amide bonds. The van der Waals surface area contributed by atoms with Gasteiger partial charge in [-0.3, -0.25) is 4.79 Å². The van der Waals surface area contributed by atoms with Gasteiger partial charge in [0.05, 0.1) is 5.69 Å². The molecule has 6 heteroatoms. The molecule has 0 saturated carbocycles. The second-order valence-corrected chi connectivity index (χ2v) is 7.12. The van der Waals surface area contributed by atoms with Crippen molar-refractivity contribution in [2.45, 2.75) is 26.7 Å². The Morgan fingerprint density at radius 2 is 1.96 bits per heavy atom. The monoisotopic (exact) mass is 388 g/mol. The van der Waals surface area contributed by atoms with Crippen molar-refractivity contribution in [1.29, 1.82) is 0 Å². The number of amides is 1. The number of aryl methyl sites for hydroxylation is 1. The molecular formula is C18H21BrN4O. The third kappa shape index (κ3) is 3.93. The number of rotatable bonds is 3. The van der Waals surface area contributed by atoms with Gasteiger partial charge in [-0.1, -0.05) is 19.1 Å². The van der Waals surface area contributed by atoms with Gasteiger partial charge in [-0.05, 0) is 53.7 Å². The Kier molecular flexibility index (Phi) is 5.14. The zero-order valence-corrected chi connectivity index (χ0v) is 15.5. The third-order valence-corrected chi connectivity index (χ3v) is 4.98. The predicted molar refractivity (Wildman–Crippen MR) is 99.5 cm³/mol. The first-order chi connectivity index (χ1) is 11.5. The van der Waals surface area contributed by atoms with Gasteiger partial charge >= 0.3 is 0 Å². The molecule has 0 aliphatic carbocycles. The number of hydrogen-bond acceptors (Lipinski definition) is 4. The van der Waals surface area contributed by atoms with E-state index in [1.807, 2.05) is 31.2 Å². The maximum absolute atomic E-state index is 12.6. The van der Waals surface area contributed by atoms with Crippen molar-refractivity contribution in [2.24, 2.45) is 5.92 Å². The van der Waals surface area contributed by atoms with Crippen LogP contribution in [0.4, 0.5) is 11.5 Å². The van der Waals surface area contributed by atoms with Crippen LogP contribution in [0.3, 0.4) is 0 Å². The molecule has 24 heavy (non-hydrogen) atoms. The van der Waals surface area contributed by atoms with Gasteiger partial charge in [0.2, 0.25) is 0 Å². The highest BCUT2D eigenvalue weighted by Crippen LogP contribution is 2.24. The number of nitrogens with one attached hydrogen (secondary N) is 1. The maximum Gasteiger partial charge on any atom is 0.274 e. The molecule has 0 unspecified atom stereocenters. The maximum atomic E-state index is 12.6. The Hall–Kier alpha value is -1.95. The van der Waals surface area contributed by atoms with Crippen LogP contribution in [0.2, 0.25) is 0 Å². The van der Waals surface area contributed by atoms with Gasteiger partial charge in [-0.2, -0.15) is 0 Å². The molecule has 0 bridgehead atoms. The molecule has 0 spiro atoms. The molecule has 5 nitrogen and oxygen atoms in total. The number of anilines is 2. The van der Waals surface area contributed by atoms with E-state index in [1.165, 1.54) is 0 Å². The number of aromatic nitrogens is 2. The lowest BCUT2D eigenvalue weighted by molar-refractivity contribution is 0.102. The molecule has 1 fully saturated rings. The number of carbonyl (C=O) groups excluding carboxylic acids is 1. The lowest BCUT2D eigenvalue weighted by atomic mass is 9.99. The predicted octanol–water partition coefficient (Wildman–Crippen LogP) is 4.04. The summed E-state index contributed by atoms with van der Waals surface area (Å²) in [6, 6.07) is 9.31. The topological polar surface area (TPSA) is 58.1 Å². The van der Waals surface area contributed by atoms with Crippen LogP contribution in [0, 0.1) is 12.8 Å². The zero-order chi connectivity index (χ0) is 17.1. The summed E-state index contributed by atoms with van der Waals surface area (Å²) in [7, 11) is 0. The lowest BCUT2D eigenvalue weighted by Crippen LogP contribution is -2.34. The molecule has 1 N–H and O–H groups in total. The second-order valence-electron chi connectivity index (χ2n) is 6.26. The molecule has 1 aromatic carbocycles. The molecule has 1 aliphatic heterocycles. The summed E-state index contributed by atoms with van der Waals surface area (Å²) in [5.41, 5.74) is 1.12. The molecule has 126 valence electrons. The first-order valence-corrected chi connectivity index (χ1v) is 8.99. The Morgan fingerprint density at radius 1 is 1.25 bits per heavy atom. The summed E-state index contributed by atoms with van der Waals surface area (Å²) in [6.07, 6.45) is 2.31. The van der Waals surface area contributed by atoms with E-state index >= 15 is 0 Å². The molecule has 2 aromatic rings. The summed E-state index contributed by atoms with van der Waals surface area (Å²) in [5.74, 6) is 1.98. The minimum Gasteiger partial charge on any atom is -0.356 e. The van der Waals surface area contributed by atoms with E-state index in [1.54, 1.807) is 6.07 Å². The van der Waals surface area contributed by atoms with Gasteiger partial charge in [0.15, 0.2) is 0 Å². The van der Waals surface area contributed by atoms with Gasteiger partial charge < -0.3 is 10.2 Å². The van der Waals surface area contributed by atoms with Crippen LogP contribution in [0.25, 0.3) is 0 Å². The van der Waals surface area contributed by atoms with Crippen molar-refractivity contribution in [3.8, 4) is 0 Å². The Labute approximate surface area is 150 Å². The fourth-order valence-electron chi connectivity index (χ4n) is 2.82. The van der Waals surface area contributed by atoms with Crippen molar-refractivity contribution in [1.82, 2.24) is 9.97 Å². The van der Waals surface area contributed by atoms with Crippen LogP contribution in [-0.4, -0.2) is 29.0 Å². The Morgan fingerprint density at radius 3 is 2.67 bits per heavy atom. The van der Waals surface area contributed by atoms with E-state index in [4.69, 9.17) is 0 Å². The normalized spacial score (nSPS) is 15.4. The van der Waals surface area contributed by atoms with Gasteiger partial charge in [0.1, 0.15) is 17.3 Å². The number of nitrogens with zero attached hydrogens (tertiary/aromatic N) is 3. The number of hydrogen-bond donors (Lipinski definition) is 1. The molecule has 0 atom stereocenters. The Bertz CT molecular complexity index is 742. The van der Waals surface area contributed by atoms with E-state index in [9.17, 15) is 4.79 Å². The van der Waals surface area contributed by atoms with E-state index in [0.717, 1.165) is 47.8 Å². The van der Waals surface area contributed by atoms with Crippen molar-refractivity contribution in [3.63, 3.8) is 0 Å². The van der Waals surface area contributed by atoms with Crippen LogP contribution in [0.5, 0.6) is 0 Å².